The van der Waals surface area contributed by atoms with Gasteiger partial charge in [-0.2, -0.15) is 5.10 Å². The Morgan fingerprint density at radius 3 is 2.52 bits per heavy atom. The zero-order chi connectivity index (χ0) is 18.4. The van der Waals surface area contributed by atoms with Crippen LogP contribution in [0.3, 0.4) is 0 Å². The second-order valence-corrected chi connectivity index (χ2v) is 7.96. The van der Waals surface area contributed by atoms with E-state index in [4.69, 9.17) is 12.2 Å². The molecule has 1 aliphatic carbocycles. The summed E-state index contributed by atoms with van der Waals surface area (Å²) in [5, 5.41) is 8.24. The van der Waals surface area contributed by atoms with Gasteiger partial charge in [-0.25, -0.2) is 0 Å². The number of nitrogens with one attached hydrogen (secondary N) is 2. The van der Waals surface area contributed by atoms with Gasteiger partial charge in [0.2, 0.25) is 0 Å². The average molecular weight is 359 g/mol. The summed E-state index contributed by atoms with van der Waals surface area (Å²) in [4.78, 5) is 2.07. The van der Waals surface area contributed by atoms with Crippen LogP contribution in [0, 0.1) is 5.92 Å². The normalized spacial score (nSPS) is 18.0. The number of thiocarbonyl (C=S) groups is 1. The molecule has 0 saturated carbocycles. The van der Waals surface area contributed by atoms with Crippen LogP contribution in [0.4, 0.5) is 5.69 Å². The lowest BCUT2D eigenvalue weighted by Crippen LogP contribution is -2.52. The van der Waals surface area contributed by atoms with Crippen molar-refractivity contribution in [3.63, 3.8) is 0 Å². The molecule has 1 aromatic rings. The Morgan fingerprint density at radius 1 is 1.28 bits per heavy atom. The number of hydrogen-bond donors (Lipinski definition) is 2. The SMILES string of the molecule is CC1=CC[C@H](C(C)(C)NC(=S)N/N=C/c2ccc(N(C)C)cc2)CC1. The van der Waals surface area contributed by atoms with E-state index in [2.05, 4.69) is 59.7 Å². The Balaban J connectivity index is 1.85. The molecule has 2 rings (SSSR count). The first-order valence-corrected chi connectivity index (χ1v) is 9.23. The minimum absolute atomic E-state index is 0.0514. The number of anilines is 1. The molecule has 0 radical (unpaired) electrons. The van der Waals surface area contributed by atoms with Crippen LogP contribution in [-0.4, -0.2) is 31.0 Å². The van der Waals surface area contributed by atoms with Crippen molar-refractivity contribution in [2.24, 2.45) is 11.0 Å². The molecule has 0 amide bonds. The van der Waals surface area contributed by atoms with Gasteiger partial charge in [0.05, 0.1) is 6.21 Å². The number of allylic oxidation sites excluding steroid dienone is 2. The molecule has 2 N–H and O–H groups in total. The van der Waals surface area contributed by atoms with Crippen molar-refractivity contribution in [3.8, 4) is 0 Å². The molecular weight excluding hydrogens is 328 g/mol. The molecule has 0 heterocycles. The van der Waals surface area contributed by atoms with Gasteiger partial charge in [-0.05, 0) is 75.9 Å². The highest BCUT2D eigenvalue weighted by Gasteiger charge is 2.30. The molecule has 0 saturated heterocycles. The van der Waals surface area contributed by atoms with Gasteiger partial charge in [-0.1, -0.05) is 23.8 Å². The maximum atomic E-state index is 5.41. The molecule has 0 unspecified atom stereocenters. The summed E-state index contributed by atoms with van der Waals surface area (Å²) in [7, 11) is 4.06. The second kappa shape index (κ2) is 8.48. The van der Waals surface area contributed by atoms with Gasteiger partial charge in [-0.3, -0.25) is 5.43 Å². The molecule has 1 atom stereocenters. The van der Waals surface area contributed by atoms with Crippen molar-refractivity contribution >= 4 is 29.2 Å². The summed E-state index contributed by atoms with van der Waals surface area (Å²) >= 11 is 5.41. The van der Waals surface area contributed by atoms with Crippen molar-refractivity contribution in [1.29, 1.82) is 0 Å². The van der Waals surface area contributed by atoms with E-state index in [9.17, 15) is 0 Å². The number of hydrazone groups is 1. The number of hydrogen-bond acceptors (Lipinski definition) is 3. The monoisotopic (exact) mass is 358 g/mol. The fourth-order valence-corrected chi connectivity index (χ4v) is 3.38. The summed E-state index contributed by atoms with van der Waals surface area (Å²) < 4.78 is 0. The Morgan fingerprint density at radius 2 is 1.96 bits per heavy atom. The predicted molar refractivity (Wildman–Crippen MR) is 112 cm³/mol. The van der Waals surface area contributed by atoms with Crippen LogP contribution < -0.4 is 15.6 Å². The molecule has 0 spiro atoms. The topological polar surface area (TPSA) is 39.7 Å². The van der Waals surface area contributed by atoms with E-state index in [0.717, 1.165) is 12.0 Å². The van der Waals surface area contributed by atoms with Crippen molar-refractivity contribution in [1.82, 2.24) is 10.7 Å². The molecule has 4 nitrogen and oxygen atoms in total. The van der Waals surface area contributed by atoms with Gasteiger partial charge in [0.25, 0.3) is 0 Å². The van der Waals surface area contributed by atoms with E-state index in [-0.39, 0.29) is 5.54 Å². The maximum absolute atomic E-state index is 5.41. The number of nitrogens with zero attached hydrogens (tertiary/aromatic N) is 2. The molecule has 1 aromatic carbocycles. The molecule has 5 heteroatoms. The molecule has 0 aromatic heterocycles. The first-order valence-electron chi connectivity index (χ1n) is 8.82. The van der Waals surface area contributed by atoms with Gasteiger partial charge in [0, 0.05) is 25.3 Å². The highest BCUT2D eigenvalue weighted by Crippen LogP contribution is 2.31. The molecule has 1 aliphatic rings. The van der Waals surface area contributed by atoms with E-state index >= 15 is 0 Å². The molecule has 0 bridgehead atoms. The summed E-state index contributed by atoms with van der Waals surface area (Å²) in [5.74, 6) is 0.582. The Labute approximate surface area is 157 Å². The smallest absolute Gasteiger partial charge is 0.187 e. The third-order valence-corrected chi connectivity index (χ3v) is 5.08. The molecule has 25 heavy (non-hydrogen) atoms. The molecular formula is C20H30N4S. The molecule has 136 valence electrons. The zero-order valence-electron chi connectivity index (χ0n) is 16.0. The third kappa shape index (κ3) is 5.85. The lowest BCUT2D eigenvalue weighted by Gasteiger charge is -2.37. The molecule has 0 fully saturated rings. The van der Waals surface area contributed by atoms with Crippen LogP contribution in [0.5, 0.6) is 0 Å². The summed E-state index contributed by atoms with van der Waals surface area (Å²) in [6, 6.07) is 8.22. The standard InChI is InChI=1S/C20H30N4S/c1-15-6-10-17(11-7-15)20(2,3)22-19(25)23-21-14-16-8-12-18(13-9-16)24(4)5/h6,8-9,12-14,17H,7,10-11H2,1-5H3,(H2,22,23,25)/b21-14+/t17-/m0/s1. The van der Waals surface area contributed by atoms with E-state index in [1.807, 2.05) is 26.2 Å². The van der Waals surface area contributed by atoms with Gasteiger partial charge in [-0.15, -0.1) is 0 Å². The minimum atomic E-state index is -0.0514. The van der Waals surface area contributed by atoms with Crippen molar-refractivity contribution < 1.29 is 0 Å². The first-order chi connectivity index (χ1) is 11.8. The summed E-state index contributed by atoms with van der Waals surface area (Å²) in [5.41, 5.74) is 6.59. The lowest BCUT2D eigenvalue weighted by atomic mass is 9.77. The Hall–Kier alpha value is -1.88. The van der Waals surface area contributed by atoms with E-state index in [0.29, 0.717) is 11.0 Å². The van der Waals surface area contributed by atoms with Crippen LogP contribution in [0.15, 0.2) is 41.0 Å². The van der Waals surface area contributed by atoms with Crippen LogP contribution >= 0.6 is 12.2 Å². The Bertz CT molecular complexity index is 644. The van der Waals surface area contributed by atoms with Crippen LogP contribution in [0.1, 0.15) is 45.6 Å². The zero-order valence-corrected chi connectivity index (χ0v) is 16.8. The minimum Gasteiger partial charge on any atom is -0.378 e. The number of rotatable bonds is 5. The van der Waals surface area contributed by atoms with Gasteiger partial charge in [0.1, 0.15) is 0 Å². The van der Waals surface area contributed by atoms with Crippen LogP contribution in [0.25, 0.3) is 0 Å². The van der Waals surface area contributed by atoms with Crippen molar-refractivity contribution in [2.45, 2.75) is 45.6 Å². The average Bonchev–Trinajstić information content (AvgIpc) is 2.55. The van der Waals surface area contributed by atoms with E-state index < -0.39 is 0 Å². The van der Waals surface area contributed by atoms with Gasteiger partial charge >= 0.3 is 0 Å². The van der Waals surface area contributed by atoms with Crippen LogP contribution in [-0.2, 0) is 0 Å². The van der Waals surface area contributed by atoms with Crippen molar-refractivity contribution in [3.05, 3.63) is 41.5 Å². The van der Waals surface area contributed by atoms with E-state index in [1.165, 1.54) is 24.1 Å². The third-order valence-electron chi connectivity index (χ3n) is 4.88. The summed E-state index contributed by atoms with van der Waals surface area (Å²) in [6.45, 7) is 6.64. The number of benzene rings is 1. The van der Waals surface area contributed by atoms with Gasteiger partial charge in [0.15, 0.2) is 5.11 Å². The predicted octanol–water partition coefficient (Wildman–Crippen LogP) is 4.08. The Kier molecular flexibility index (Phi) is 6.59. The van der Waals surface area contributed by atoms with Gasteiger partial charge < -0.3 is 10.2 Å². The second-order valence-electron chi connectivity index (χ2n) is 7.55. The molecule has 0 aliphatic heterocycles. The lowest BCUT2D eigenvalue weighted by molar-refractivity contribution is 0.265. The summed E-state index contributed by atoms with van der Waals surface area (Å²) in [6.07, 6.45) is 7.62. The maximum Gasteiger partial charge on any atom is 0.187 e. The van der Waals surface area contributed by atoms with Crippen LogP contribution in [0.2, 0.25) is 0 Å². The highest BCUT2D eigenvalue weighted by molar-refractivity contribution is 7.80. The first kappa shape index (κ1) is 19.4. The quantitative estimate of drug-likeness (QED) is 0.360. The highest BCUT2D eigenvalue weighted by atomic mass is 32.1. The largest absolute Gasteiger partial charge is 0.378 e. The fourth-order valence-electron chi connectivity index (χ4n) is 3.07. The van der Waals surface area contributed by atoms with E-state index in [1.54, 1.807) is 6.21 Å². The van der Waals surface area contributed by atoms with Crippen molar-refractivity contribution in [2.75, 3.05) is 19.0 Å². The fraction of sp³-hybridized carbons (Fsp3) is 0.500.